The fraction of sp³-hybridized carbons (Fsp3) is 0.500. The Bertz CT molecular complexity index is 448. The van der Waals surface area contributed by atoms with E-state index < -0.39 is 0 Å². The van der Waals surface area contributed by atoms with E-state index >= 15 is 0 Å². The number of hydrogen-bond acceptors (Lipinski definition) is 3. The van der Waals surface area contributed by atoms with Crippen molar-refractivity contribution in [2.45, 2.75) is 26.2 Å². The number of likely N-dealkylation sites (tertiary alicyclic amines) is 1. The summed E-state index contributed by atoms with van der Waals surface area (Å²) in [6, 6.07) is 7.95. The molecular weight excluding hydrogens is 252 g/mol. The van der Waals surface area contributed by atoms with E-state index in [0.29, 0.717) is 6.54 Å². The van der Waals surface area contributed by atoms with Crippen LogP contribution in [0.4, 0.5) is 5.69 Å². The average molecular weight is 274 g/mol. The highest BCUT2D eigenvalue weighted by atomic mass is 16.2. The second kappa shape index (κ2) is 7.20. The first-order valence-corrected chi connectivity index (χ1v) is 7.27. The van der Waals surface area contributed by atoms with Crippen LogP contribution in [0.5, 0.6) is 0 Å². The molecule has 1 aliphatic rings. The summed E-state index contributed by atoms with van der Waals surface area (Å²) in [7, 11) is 0. The molecule has 1 aliphatic heterocycles. The van der Waals surface area contributed by atoms with E-state index in [1.54, 1.807) is 0 Å². The molecule has 4 heteroatoms. The summed E-state index contributed by atoms with van der Waals surface area (Å²) in [6.45, 7) is 4.16. The molecule has 0 aliphatic carbocycles. The molecule has 0 atom stereocenters. The number of aryl methyl sites for hydroxylation is 1. The number of piperidine rings is 1. The number of amides is 1. The Labute approximate surface area is 120 Å². The van der Waals surface area contributed by atoms with Gasteiger partial charge in [0.25, 0.3) is 0 Å². The van der Waals surface area contributed by atoms with Crippen LogP contribution < -0.4 is 5.32 Å². The van der Waals surface area contributed by atoms with E-state index in [9.17, 15) is 9.59 Å². The Morgan fingerprint density at radius 2 is 1.95 bits per heavy atom. The Morgan fingerprint density at radius 1 is 1.30 bits per heavy atom. The molecule has 1 aromatic carbocycles. The molecule has 0 saturated carbocycles. The van der Waals surface area contributed by atoms with Gasteiger partial charge in [0.2, 0.25) is 5.91 Å². The Morgan fingerprint density at radius 3 is 2.50 bits per heavy atom. The molecule has 2 rings (SSSR count). The van der Waals surface area contributed by atoms with Crippen molar-refractivity contribution in [3.63, 3.8) is 0 Å². The van der Waals surface area contributed by atoms with Gasteiger partial charge in [-0.2, -0.15) is 0 Å². The average Bonchev–Trinajstić information content (AvgIpc) is 2.49. The van der Waals surface area contributed by atoms with E-state index in [1.165, 1.54) is 5.56 Å². The predicted molar refractivity (Wildman–Crippen MR) is 79.7 cm³/mol. The topological polar surface area (TPSA) is 49.4 Å². The summed E-state index contributed by atoms with van der Waals surface area (Å²) in [4.78, 5) is 24.8. The molecule has 0 bridgehead atoms. The van der Waals surface area contributed by atoms with E-state index in [0.717, 1.165) is 44.3 Å². The van der Waals surface area contributed by atoms with Crippen molar-refractivity contribution in [1.82, 2.24) is 4.90 Å². The van der Waals surface area contributed by atoms with Gasteiger partial charge in [-0.3, -0.25) is 9.69 Å². The van der Waals surface area contributed by atoms with Crippen LogP contribution in [0.1, 0.15) is 25.3 Å². The zero-order chi connectivity index (χ0) is 14.4. The van der Waals surface area contributed by atoms with Gasteiger partial charge in [0.05, 0.1) is 6.54 Å². The summed E-state index contributed by atoms with van der Waals surface area (Å²) in [5.41, 5.74) is 2.11. The highest BCUT2D eigenvalue weighted by Crippen LogP contribution is 2.15. The third-order valence-corrected chi connectivity index (χ3v) is 3.84. The van der Waals surface area contributed by atoms with Crippen molar-refractivity contribution in [1.29, 1.82) is 0 Å². The van der Waals surface area contributed by atoms with Gasteiger partial charge in [0, 0.05) is 11.6 Å². The third-order valence-electron chi connectivity index (χ3n) is 3.84. The van der Waals surface area contributed by atoms with E-state index in [-0.39, 0.29) is 11.8 Å². The monoisotopic (exact) mass is 274 g/mol. The predicted octanol–water partition coefficient (Wildman–Crippen LogP) is 2.10. The summed E-state index contributed by atoms with van der Waals surface area (Å²) in [6.07, 6.45) is 3.76. The van der Waals surface area contributed by atoms with Gasteiger partial charge < -0.3 is 10.1 Å². The molecule has 1 saturated heterocycles. The lowest BCUT2D eigenvalue weighted by Gasteiger charge is -2.28. The fourth-order valence-electron chi connectivity index (χ4n) is 2.47. The molecule has 4 nitrogen and oxygen atoms in total. The van der Waals surface area contributed by atoms with Crippen LogP contribution >= 0.6 is 0 Å². The minimum Gasteiger partial charge on any atom is -0.325 e. The van der Waals surface area contributed by atoms with Crippen LogP contribution in [-0.4, -0.2) is 36.7 Å². The van der Waals surface area contributed by atoms with Crippen LogP contribution in [0.2, 0.25) is 0 Å². The van der Waals surface area contributed by atoms with Gasteiger partial charge in [-0.25, -0.2) is 0 Å². The quantitative estimate of drug-likeness (QED) is 0.837. The van der Waals surface area contributed by atoms with Crippen LogP contribution in [0.25, 0.3) is 0 Å². The molecule has 0 aromatic heterocycles. The van der Waals surface area contributed by atoms with Crippen molar-refractivity contribution < 1.29 is 9.59 Å². The molecule has 1 aromatic rings. The number of nitrogens with one attached hydrogen (secondary N) is 1. The second-order valence-corrected chi connectivity index (χ2v) is 5.35. The van der Waals surface area contributed by atoms with Crippen LogP contribution in [0.15, 0.2) is 24.3 Å². The van der Waals surface area contributed by atoms with Crippen molar-refractivity contribution in [2.75, 3.05) is 25.0 Å². The molecule has 1 N–H and O–H groups in total. The Balaban J connectivity index is 1.78. The highest BCUT2D eigenvalue weighted by molar-refractivity contribution is 5.92. The number of carbonyl (C=O) groups excluding carboxylic acids is 2. The van der Waals surface area contributed by atoms with Gasteiger partial charge in [-0.05, 0) is 50.0 Å². The lowest BCUT2D eigenvalue weighted by Crippen LogP contribution is -2.39. The van der Waals surface area contributed by atoms with Gasteiger partial charge in [-0.15, -0.1) is 0 Å². The van der Waals surface area contributed by atoms with Crippen LogP contribution in [0, 0.1) is 5.92 Å². The van der Waals surface area contributed by atoms with Gasteiger partial charge in [0.1, 0.15) is 6.29 Å². The molecule has 0 radical (unpaired) electrons. The largest absolute Gasteiger partial charge is 0.325 e. The Hall–Kier alpha value is -1.68. The van der Waals surface area contributed by atoms with Crippen molar-refractivity contribution in [3.8, 4) is 0 Å². The maximum atomic E-state index is 12.0. The smallest absolute Gasteiger partial charge is 0.238 e. The maximum Gasteiger partial charge on any atom is 0.238 e. The first-order valence-electron chi connectivity index (χ1n) is 7.27. The zero-order valence-corrected chi connectivity index (χ0v) is 12.0. The van der Waals surface area contributed by atoms with Crippen molar-refractivity contribution >= 4 is 17.9 Å². The SMILES string of the molecule is CCc1ccc(NC(=O)CN2CCC(C=O)CC2)cc1. The lowest BCUT2D eigenvalue weighted by atomic mass is 9.99. The summed E-state index contributed by atoms with van der Waals surface area (Å²) in [5, 5.41) is 2.92. The molecular formula is C16H22N2O2. The summed E-state index contributed by atoms with van der Waals surface area (Å²) < 4.78 is 0. The molecule has 1 amide bonds. The number of rotatable bonds is 5. The molecule has 20 heavy (non-hydrogen) atoms. The maximum absolute atomic E-state index is 12.0. The third kappa shape index (κ3) is 4.17. The molecule has 0 spiro atoms. The zero-order valence-electron chi connectivity index (χ0n) is 12.0. The molecule has 1 heterocycles. The number of benzene rings is 1. The Kier molecular flexibility index (Phi) is 5.30. The lowest BCUT2D eigenvalue weighted by molar-refractivity contribution is -0.117. The first kappa shape index (κ1) is 14.7. The first-order chi connectivity index (χ1) is 9.71. The normalized spacial score (nSPS) is 16.9. The van der Waals surface area contributed by atoms with Gasteiger partial charge in [0.15, 0.2) is 0 Å². The number of hydrogen-bond donors (Lipinski definition) is 1. The number of aldehydes is 1. The van der Waals surface area contributed by atoms with E-state index in [1.807, 2.05) is 24.3 Å². The number of carbonyl (C=O) groups is 2. The number of anilines is 1. The van der Waals surface area contributed by atoms with Gasteiger partial charge in [-0.1, -0.05) is 19.1 Å². The minimum absolute atomic E-state index is 0.0128. The number of nitrogens with zero attached hydrogens (tertiary/aromatic N) is 1. The standard InChI is InChI=1S/C16H22N2O2/c1-2-13-3-5-15(6-4-13)17-16(20)11-18-9-7-14(12-19)8-10-18/h3-6,12,14H,2,7-11H2,1H3,(H,17,20). The molecule has 108 valence electrons. The second-order valence-electron chi connectivity index (χ2n) is 5.35. The van der Waals surface area contributed by atoms with Crippen molar-refractivity contribution in [2.24, 2.45) is 5.92 Å². The molecule has 1 fully saturated rings. The van der Waals surface area contributed by atoms with E-state index in [2.05, 4.69) is 17.1 Å². The van der Waals surface area contributed by atoms with Crippen molar-refractivity contribution in [3.05, 3.63) is 29.8 Å². The summed E-state index contributed by atoms with van der Waals surface area (Å²) in [5.74, 6) is 0.190. The fourth-order valence-corrected chi connectivity index (χ4v) is 2.47. The van der Waals surface area contributed by atoms with Crippen LogP contribution in [0.3, 0.4) is 0 Å². The van der Waals surface area contributed by atoms with E-state index in [4.69, 9.17) is 0 Å². The molecule has 0 unspecified atom stereocenters. The van der Waals surface area contributed by atoms with Gasteiger partial charge >= 0.3 is 0 Å². The minimum atomic E-state index is 0.0128. The van der Waals surface area contributed by atoms with Crippen LogP contribution in [-0.2, 0) is 16.0 Å². The highest BCUT2D eigenvalue weighted by Gasteiger charge is 2.20. The summed E-state index contributed by atoms with van der Waals surface area (Å²) >= 11 is 0.